The highest BCUT2D eigenvalue weighted by molar-refractivity contribution is 5.09. The summed E-state index contributed by atoms with van der Waals surface area (Å²) in [5, 5.41) is 0. The van der Waals surface area contributed by atoms with Crippen LogP contribution in [0.25, 0.3) is 0 Å². The quantitative estimate of drug-likeness (QED) is 0.686. The van der Waals surface area contributed by atoms with E-state index in [1.807, 2.05) is 0 Å². The molecule has 4 heteroatoms. The van der Waals surface area contributed by atoms with Crippen molar-refractivity contribution in [3.8, 4) is 0 Å². The lowest BCUT2D eigenvalue weighted by Gasteiger charge is -2.03. The molecule has 0 unspecified atom stereocenters. The molecular weight excluding hydrogens is 156 g/mol. The fraction of sp³-hybridized carbons (Fsp3) is 0.375. The van der Waals surface area contributed by atoms with Crippen molar-refractivity contribution in [3.63, 3.8) is 0 Å². The number of aromatic nitrogens is 1. The van der Waals surface area contributed by atoms with Gasteiger partial charge in [-0.25, -0.2) is 0 Å². The highest BCUT2D eigenvalue weighted by Gasteiger charge is 1.95. The Morgan fingerprint density at radius 2 is 2.42 bits per heavy atom. The van der Waals surface area contributed by atoms with E-state index in [2.05, 4.69) is 0 Å². The molecular formula is C8H12N2O2. The van der Waals surface area contributed by atoms with Gasteiger partial charge in [-0.1, -0.05) is 0 Å². The molecule has 0 bridgehead atoms. The number of hydrogen-bond acceptors (Lipinski definition) is 3. The largest absolute Gasteiger partial charge is 0.364 e. The smallest absolute Gasteiger partial charge is 0.252 e. The van der Waals surface area contributed by atoms with Gasteiger partial charge in [0.2, 0.25) is 0 Å². The lowest BCUT2D eigenvalue weighted by molar-refractivity contribution is 0.128. The minimum atomic E-state index is -0.0835. The van der Waals surface area contributed by atoms with E-state index in [4.69, 9.17) is 10.5 Å². The van der Waals surface area contributed by atoms with Crippen molar-refractivity contribution in [3.05, 3.63) is 34.2 Å². The first kappa shape index (κ1) is 8.96. The molecule has 1 heterocycles. The average molecular weight is 168 g/mol. The van der Waals surface area contributed by atoms with Crippen LogP contribution in [0.1, 0.15) is 5.56 Å². The third-order valence-electron chi connectivity index (χ3n) is 1.56. The van der Waals surface area contributed by atoms with Gasteiger partial charge in [0, 0.05) is 25.9 Å². The van der Waals surface area contributed by atoms with E-state index in [1.165, 1.54) is 10.6 Å². The summed E-state index contributed by atoms with van der Waals surface area (Å²) >= 11 is 0. The van der Waals surface area contributed by atoms with Crippen LogP contribution in [0, 0.1) is 0 Å². The van der Waals surface area contributed by atoms with Crippen molar-refractivity contribution in [1.29, 1.82) is 0 Å². The Bertz CT molecular complexity index is 306. The topological polar surface area (TPSA) is 57.2 Å². The molecule has 0 aliphatic heterocycles. The fourth-order valence-corrected chi connectivity index (χ4v) is 0.922. The van der Waals surface area contributed by atoms with Gasteiger partial charge in [-0.3, -0.25) is 9.36 Å². The second-order valence-corrected chi connectivity index (χ2v) is 2.46. The summed E-state index contributed by atoms with van der Waals surface area (Å²) in [6, 6.07) is 3.32. The number of nitrogens with two attached hydrogens (primary N) is 1. The van der Waals surface area contributed by atoms with E-state index in [0.29, 0.717) is 6.54 Å². The van der Waals surface area contributed by atoms with Crippen molar-refractivity contribution in [1.82, 2.24) is 4.57 Å². The molecule has 1 aromatic rings. The number of nitrogens with zero attached hydrogens (tertiary/aromatic N) is 1. The molecule has 0 aliphatic carbocycles. The van der Waals surface area contributed by atoms with Crippen molar-refractivity contribution < 1.29 is 4.74 Å². The van der Waals surface area contributed by atoms with Crippen LogP contribution in [-0.4, -0.2) is 11.7 Å². The third kappa shape index (κ3) is 1.93. The van der Waals surface area contributed by atoms with Gasteiger partial charge in [-0.15, -0.1) is 0 Å². The number of methoxy groups -OCH3 is 1. The van der Waals surface area contributed by atoms with Gasteiger partial charge < -0.3 is 10.5 Å². The molecule has 1 aromatic heterocycles. The van der Waals surface area contributed by atoms with Crippen molar-refractivity contribution in [2.24, 2.45) is 5.73 Å². The van der Waals surface area contributed by atoms with E-state index >= 15 is 0 Å². The predicted molar refractivity (Wildman–Crippen MR) is 45.6 cm³/mol. The number of rotatable bonds is 3. The zero-order valence-corrected chi connectivity index (χ0v) is 6.99. The molecule has 1 rings (SSSR count). The average Bonchev–Trinajstić information content (AvgIpc) is 2.09. The summed E-state index contributed by atoms with van der Waals surface area (Å²) in [4.78, 5) is 11.2. The third-order valence-corrected chi connectivity index (χ3v) is 1.56. The molecule has 12 heavy (non-hydrogen) atoms. The van der Waals surface area contributed by atoms with Gasteiger partial charge in [0.15, 0.2) is 0 Å². The molecule has 0 spiro atoms. The number of pyridine rings is 1. The van der Waals surface area contributed by atoms with Crippen LogP contribution in [-0.2, 0) is 18.0 Å². The van der Waals surface area contributed by atoms with Gasteiger partial charge in [-0.05, 0) is 11.6 Å². The lowest BCUT2D eigenvalue weighted by Crippen LogP contribution is -2.20. The van der Waals surface area contributed by atoms with Crippen LogP contribution in [0.2, 0.25) is 0 Å². The summed E-state index contributed by atoms with van der Waals surface area (Å²) in [6.45, 7) is 0.673. The Kier molecular flexibility index (Phi) is 3.01. The Morgan fingerprint density at radius 3 is 2.92 bits per heavy atom. The van der Waals surface area contributed by atoms with Gasteiger partial charge in [0.25, 0.3) is 5.56 Å². The molecule has 0 aliphatic rings. The maximum atomic E-state index is 11.2. The van der Waals surface area contributed by atoms with Crippen LogP contribution >= 0.6 is 0 Å². The van der Waals surface area contributed by atoms with Crippen molar-refractivity contribution in [2.75, 3.05) is 7.11 Å². The molecule has 0 aromatic carbocycles. The summed E-state index contributed by atoms with van der Waals surface area (Å²) in [6.07, 6.45) is 1.67. The monoisotopic (exact) mass is 168 g/mol. The first-order valence-corrected chi connectivity index (χ1v) is 3.66. The zero-order chi connectivity index (χ0) is 8.97. The predicted octanol–water partition coefficient (Wildman–Crippen LogP) is -0.0891. The minimum Gasteiger partial charge on any atom is -0.364 e. The van der Waals surface area contributed by atoms with E-state index in [1.54, 1.807) is 19.4 Å². The normalized spacial score (nSPS) is 10.2. The number of ether oxygens (including phenoxy) is 1. The van der Waals surface area contributed by atoms with Crippen LogP contribution in [0.3, 0.4) is 0 Å². The van der Waals surface area contributed by atoms with Gasteiger partial charge >= 0.3 is 0 Å². The summed E-state index contributed by atoms with van der Waals surface area (Å²) in [5.74, 6) is 0. The van der Waals surface area contributed by atoms with E-state index in [9.17, 15) is 4.79 Å². The first-order valence-electron chi connectivity index (χ1n) is 3.66. The molecule has 0 amide bonds. The minimum absolute atomic E-state index is 0.0835. The Balaban J connectivity index is 2.96. The molecule has 66 valence electrons. The van der Waals surface area contributed by atoms with E-state index in [0.717, 1.165) is 5.56 Å². The van der Waals surface area contributed by atoms with Crippen LogP contribution < -0.4 is 11.3 Å². The summed E-state index contributed by atoms with van der Waals surface area (Å²) in [7, 11) is 1.54. The zero-order valence-electron chi connectivity index (χ0n) is 6.99. The SMILES string of the molecule is COCn1ccc(CN)cc1=O. The van der Waals surface area contributed by atoms with Gasteiger partial charge in [0.05, 0.1) is 0 Å². The fourth-order valence-electron chi connectivity index (χ4n) is 0.922. The van der Waals surface area contributed by atoms with E-state index in [-0.39, 0.29) is 12.3 Å². The van der Waals surface area contributed by atoms with Gasteiger partial charge in [0.1, 0.15) is 6.73 Å². The Hall–Kier alpha value is -1.13. The Labute approximate surface area is 70.6 Å². The molecule has 0 fully saturated rings. The molecule has 0 radical (unpaired) electrons. The van der Waals surface area contributed by atoms with Crippen LogP contribution in [0.4, 0.5) is 0 Å². The standard InChI is InChI=1S/C8H12N2O2/c1-12-6-10-3-2-7(5-9)4-8(10)11/h2-4H,5-6,9H2,1H3. The number of hydrogen-bond donors (Lipinski definition) is 1. The molecule has 0 atom stereocenters. The maximum absolute atomic E-state index is 11.2. The molecule has 4 nitrogen and oxygen atoms in total. The Morgan fingerprint density at radius 1 is 1.67 bits per heavy atom. The highest BCUT2D eigenvalue weighted by atomic mass is 16.5. The lowest BCUT2D eigenvalue weighted by atomic mass is 10.3. The van der Waals surface area contributed by atoms with Crippen LogP contribution in [0.15, 0.2) is 23.1 Å². The van der Waals surface area contributed by atoms with Gasteiger partial charge in [-0.2, -0.15) is 0 Å². The van der Waals surface area contributed by atoms with Crippen LogP contribution in [0.5, 0.6) is 0 Å². The maximum Gasteiger partial charge on any atom is 0.252 e. The first-order chi connectivity index (χ1) is 5.77. The second-order valence-electron chi connectivity index (χ2n) is 2.46. The summed E-state index contributed by atoms with van der Waals surface area (Å²) in [5.41, 5.74) is 6.12. The summed E-state index contributed by atoms with van der Waals surface area (Å²) < 4.78 is 6.29. The van der Waals surface area contributed by atoms with Crippen molar-refractivity contribution in [2.45, 2.75) is 13.3 Å². The molecule has 0 saturated carbocycles. The second kappa shape index (κ2) is 4.04. The highest BCUT2D eigenvalue weighted by Crippen LogP contribution is 1.92. The van der Waals surface area contributed by atoms with Crippen molar-refractivity contribution >= 4 is 0 Å². The molecule has 0 saturated heterocycles. The van der Waals surface area contributed by atoms with E-state index < -0.39 is 0 Å². The molecule has 2 N–H and O–H groups in total.